The van der Waals surface area contributed by atoms with Gasteiger partial charge >= 0.3 is 0 Å². The average molecular weight is 365 g/mol. The smallest absolute Gasteiger partial charge is 0.257 e. The third-order valence-electron chi connectivity index (χ3n) is 4.56. The molecule has 2 amide bonds. The molecule has 0 aromatic heterocycles. The normalized spacial score (nSPS) is 15.5. The summed E-state index contributed by atoms with van der Waals surface area (Å²) in [5, 5.41) is 0. The molecule has 144 valence electrons. The summed E-state index contributed by atoms with van der Waals surface area (Å²) in [4.78, 5) is 28.6. The summed E-state index contributed by atoms with van der Waals surface area (Å²) < 4.78 is 15.6. The van der Waals surface area contributed by atoms with Crippen LogP contribution in [0.25, 0.3) is 0 Å². The van der Waals surface area contributed by atoms with Crippen LogP contribution in [0.5, 0.6) is 11.5 Å². The second-order valence-corrected chi connectivity index (χ2v) is 6.04. The molecule has 1 aromatic rings. The zero-order valence-corrected chi connectivity index (χ0v) is 15.6. The first-order valence-electron chi connectivity index (χ1n) is 8.56. The number of amides is 2. The van der Waals surface area contributed by atoms with Crippen molar-refractivity contribution in [3.8, 4) is 11.5 Å². The van der Waals surface area contributed by atoms with Crippen LogP contribution in [-0.2, 0) is 9.53 Å². The van der Waals surface area contributed by atoms with E-state index in [4.69, 9.17) is 19.9 Å². The number of nitrogens with zero attached hydrogens (tertiary/aromatic N) is 2. The molecule has 0 bridgehead atoms. The molecule has 8 heteroatoms. The molecule has 26 heavy (non-hydrogen) atoms. The fourth-order valence-electron chi connectivity index (χ4n) is 2.89. The second-order valence-electron chi connectivity index (χ2n) is 6.04. The van der Waals surface area contributed by atoms with E-state index in [-0.39, 0.29) is 24.3 Å². The van der Waals surface area contributed by atoms with Gasteiger partial charge in [0.1, 0.15) is 11.5 Å². The van der Waals surface area contributed by atoms with Crippen molar-refractivity contribution in [1.82, 2.24) is 9.80 Å². The van der Waals surface area contributed by atoms with Crippen molar-refractivity contribution >= 4 is 11.8 Å². The summed E-state index contributed by atoms with van der Waals surface area (Å²) in [5.41, 5.74) is 6.05. The van der Waals surface area contributed by atoms with Gasteiger partial charge in [-0.1, -0.05) is 0 Å². The van der Waals surface area contributed by atoms with Crippen molar-refractivity contribution < 1.29 is 23.8 Å². The molecule has 0 spiro atoms. The van der Waals surface area contributed by atoms with Crippen LogP contribution in [0.2, 0.25) is 0 Å². The summed E-state index contributed by atoms with van der Waals surface area (Å²) in [6.45, 7) is 2.23. The van der Waals surface area contributed by atoms with Crippen LogP contribution in [0.4, 0.5) is 0 Å². The number of carbonyl (C=O) groups excluding carboxylic acids is 2. The van der Waals surface area contributed by atoms with Gasteiger partial charge in [-0.3, -0.25) is 9.59 Å². The molecule has 8 nitrogen and oxygen atoms in total. The number of nitrogens with two attached hydrogens (primary N) is 1. The lowest BCUT2D eigenvalue weighted by Crippen LogP contribution is -2.51. The molecule has 2 N–H and O–H groups in total. The standard InChI is InChI=1S/C18H27N3O5/c1-24-13-4-5-15(16(10-13)26-3)18(23)21-8-6-20(7-9-21)17(22)11-14(12-19)25-2/h4-5,10,14H,6-9,11-12,19H2,1-3H3. The predicted molar refractivity (Wildman–Crippen MR) is 96.5 cm³/mol. The minimum Gasteiger partial charge on any atom is -0.497 e. The highest BCUT2D eigenvalue weighted by molar-refractivity contribution is 5.97. The molecular formula is C18H27N3O5. The molecule has 0 saturated carbocycles. The lowest BCUT2D eigenvalue weighted by Gasteiger charge is -2.35. The van der Waals surface area contributed by atoms with E-state index >= 15 is 0 Å². The van der Waals surface area contributed by atoms with Crippen molar-refractivity contribution in [1.29, 1.82) is 0 Å². The van der Waals surface area contributed by atoms with Crippen LogP contribution < -0.4 is 15.2 Å². The Bertz CT molecular complexity index is 625. The Hall–Kier alpha value is -2.32. The maximum Gasteiger partial charge on any atom is 0.257 e. The molecule has 0 aliphatic carbocycles. The molecule has 1 aromatic carbocycles. The number of piperazine rings is 1. The van der Waals surface area contributed by atoms with E-state index in [1.54, 1.807) is 42.2 Å². The van der Waals surface area contributed by atoms with Gasteiger partial charge in [-0.15, -0.1) is 0 Å². The molecule has 1 aliphatic rings. The van der Waals surface area contributed by atoms with Gasteiger partial charge < -0.3 is 29.7 Å². The van der Waals surface area contributed by atoms with Gasteiger partial charge in [0.25, 0.3) is 5.91 Å². The van der Waals surface area contributed by atoms with Gasteiger partial charge in [0.05, 0.1) is 32.3 Å². The lowest BCUT2D eigenvalue weighted by molar-refractivity contribution is -0.135. The third-order valence-corrected chi connectivity index (χ3v) is 4.56. The van der Waals surface area contributed by atoms with Crippen molar-refractivity contribution in [3.63, 3.8) is 0 Å². The molecule has 1 saturated heterocycles. The van der Waals surface area contributed by atoms with E-state index in [1.165, 1.54) is 7.11 Å². The number of ether oxygens (including phenoxy) is 3. The van der Waals surface area contributed by atoms with Crippen molar-refractivity contribution in [2.45, 2.75) is 12.5 Å². The number of methoxy groups -OCH3 is 3. The summed E-state index contributed by atoms with van der Waals surface area (Å²) in [6.07, 6.45) is -0.0153. The van der Waals surface area contributed by atoms with Crippen molar-refractivity contribution in [2.24, 2.45) is 5.73 Å². The minimum absolute atomic E-state index is 0.00331. The van der Waals surface area contributed by atoms with Gasteiger partial charge in [-0.25, -0.2) is 0 Å². The highest BCUT2D eigenvalue weighted by Gasteiger charge is 2.27. The van der Waals surface area contributed by atoms with Crippen LogP contribution >= 0.6 is 0 Å². The second kappa shape index (κ2) is 9.40. The largest absolute Gasteiger partial charge is 0.497 e. The van der Waals surface area contributed by atoms with Crippen LogP contribution in [-0.4, -0.2) is 81.8 Å². The highest BCUT2D eigenvalue weighted by Crippen LogP contribution is 2.26. The molecular weight excluding hydrogens is 338 g/mol. The van der Waals surface area contributed by atoms with Crippen LogP contribution in [0, 0.1) is 0 Å². The van der Waals surface area contributed by atoms with Gasteiger partial charge in [0, 0.05) is 45.9 Å². The average Bonchev–Trinajstić information content (AvgIpc) is 2.70. The summed E-state index contributed by atoms with van der Waals surface area (Å²) in [6, 6.07) is 5.11. The van der Waals surface area contributed by atoms with E-state index in [1.807, 2.05) is 0 Å². The Morgan fingerprint density at radius 3 is 2.27 bits per heavy atom. The lowest BCUT2D eigenvalue weighted by atomic mass is 10.1. The van der Waals surface area contributed by atoms with Gasteiger partial charge in [0.15, 0.2) is 0 Å². The summed E-state index contributed by atoms with van der Waals surface area (Å²) >= 11 is 0. The first-order chi connectivity index (χ1) is 12.5. The Kier molecular flexibility index (Phi) is 7.23. The van der Waals surface area contributed by atoms with Crippen molar-refractivity contribution in [3.05, 3.63) is 23.8 Å². The van der Waals surface area contributed by atoms with Crippen LogP contribution in [0.3, 0.4) is 0 Å². The molecule has 1 heterocycles. The monoisotopic (exact) mass is 365 g/mol. The van der Waals surface area contributed by atoms with E-state index in [2.05, 4.69) is 0 Å². The predicted octanol–water partition coefficient (Wildman–Crippen LogP) is 0.352. The number of benzene rings is 1. The topological polar surface area (TPSA) is 94.3 Å². The number of carbonyl (C=O) groups is 2. The SMILES string of the molecule is COc1ccc(C(=O)N2CCN(C(=O)CC(CN)OC)CC2)c(OC)c1. The molecule has 1 fully saturated rings. The summed E-state index contributed by atoms with van der Waals surface area (Å²) in [5.74, 6) is 0.977. The van der Waals surface area contributed by atoms with Crippen molar-refractivity contribution in [2.75, 3.05) is 54.1 Å². The third kappa shape index (κ3) is 4.64. The summed E-state index contributed by atoms with van der Waals surface area (Å²) in [7, 11) is 4.63. The quantitative estimate of drug-likeness (QED) is 0.749. The number of hydrogen-bond donors (Lipinski definition) is 1. The number of hydrogen-bond acceptors (Lipinski definition) is 6. The Balaban J connectivity index is 1.97. The molecule has 0 radical (unpaired) electrons. The molecule has 1 atom stereocenters. The Morgan fingerprint density at radius 1 is 1.08 bits per heavy atom. The Morgan fingerprint density at radius 2 is 1.73 bits per heavy atom. The van der Waals surface area contributed by atoms with E-state index in [0.29, 0.717) is 49.8 Å². The first-order valence-corrected chi connectivity index (χ1v) is 8.56. The fourth-order valence-corrected chi connectivity index (χ4v) is 2.89. The highest BCUT2D eigenvalue weighted by atomic mass is 16.5. The minimum atomic E-state index is -0.272. The van der Waals surface area contributed by atoms with E-state index in [0.717, 1.165) is 0 Å². The maximum atomic E-state index is 12.8. The Labute approximate surface area is 153 Å². The van der Waals surface area contributed by atoms with Gasteiger partial charge in [0.2, 0.25) is 5.91 Å². The van der Waals surface area contributed by atoms with Gasteiger partial charge in [-0.2, -0.15) is 0 Å². The van der Waals surface area contributed by atoms with Gasteiger partial charge in [-0.05, 0) is 12.1 Å². The molecule has 2 rings (SSSR count). The molecule has 1 unspecified atom stereocenters. The maximum absolute atomic E-state index is 12.8. The zero-order chi connectivity index (χ0) is 19.1. The number of rotatable bonds is 7. The van der Waals surface area contributed by atoms with E-state index in [9.17, 15) is 9.59 Å². The first kappa shape index (κ1) is 20.0. The van der Waals surface area contributed by atoms with Crippen LogP contribution in [0.1, 0.15) is 16.8 Å². The van der Waals surface area contributed by atoms with E-state index < -0.39 is 0 Å². The molecule has 1 aliphatic heterocycles. The zero-order valence-electron chi connectivity index (χ0n) is 15.6. The fraction of sp³-hybridized carbons (Fsp3) is 0.556. The van der Waals surface area contributed by atoms with Crippen LogP contribution in [0.15, 0.2) is 18.2 Å².